The van der Waals surface area contributed by atoms with Gasteiger partial charge in [0, 0.05) is 38.8 Å². The van der Waals surface area contributed by atoms with Gasteiger partial charge >= 0.3 is 29.8 Å². The van der Waals surface area contributed by atoms with Gasteiger partial charge in [0.1, 0.15) is 39.5 Å². The van der Waals surface area contributed by atoms with Crippen LogP contribution in [-0.2, 0) is 66.8 Å². The van der Waals surface area contributed by atoms with E-state index in [0.29, 0.717) is 26.2 Å². The Labute approximate surface area is 288 Å². The summed E-state index contributed by atoms with van der Waals surface area (Å²) in [4.78, 5) is 86.1. The van der Waals surface area contributed by atoms with Gasteiger partial charge in [-0.2, -0.15) is 0 Å². The van der Waals surface area contributed by atoms with Gasteiger partial charge in [0.25, 0.3) is 0 Å². The van der Waals surface area contributed by atoms with Gasteiger partial charge in [-0.3, -0.25) is 24.0 Å². The van der Waals surface area contributed by atoms with Crippen LogP contribution in [0, 0.1) is 0 Å². The summed E-state index contributed by atoms with van der Waals surface area (Å²) in [6.07, 6.45) is 8.58. The molecule has 0 aliphatic heterocycles. The second-order valence-corrected chi connectivity index (χ2v) is 9.66. The van der Waals surface area contributed by atoms with Gasteiger partial charge in [0.15, 0.2) is 0 Å². The summed E-state index contributed by atoms with van der Waals surface area (Å²) in [6, 6.07) is 0. The molecule has 0 aromatic carbocycles. The average molecular weight is 703 g/mol. The second-order valence-electron chi connectivity index (χ2n) is 9.66. The van der Waals surface area contributed by atoms with Gasteiger partial charge in [0.2, 0.25) is 11.8 Å². The molecule has 0 atom stereocenters. The third-order valence-electron chi connectivity index (χ3n) is 5.52. The van der Waals surface area contributed by atoms with Crippen LogP contribution in [0.25, 0.3) is 0 Å². The number of carbonyl (C=O) groups is 8. The Balaban J connectivity index is -0.00000137. The third-order valence-corrected chi connectivity index (χ3v) is 5.52. The molecule has 0 aromatic rings. The second kappa shape index (κ2) is 37.9. The first-order chi connectivity index (χ1) is 23.5. The predicted molar refractivity (Wildman–Crippen MR) is 177 cm³/mol. The summed E-state index contributed by atoms with van der Waals surface area (Å²) >= 11 is 0. The highest BCUT2D eigenvalue weighted by molar-refractivity contribution is 5.95. The zero-order valence-corrected chi connectivity index (χ0v) is 28.9. The molecule has 0 bridgehead atoms. The summed E-state index contributed by atoms with van der Waals surface area (Å²) in [5, 5.41) is 5.02. The third kappa shape index (κ3) is 41.4. The number of hydrogen-bond donors (Lipinski definition) is 2. The van der Waals surface area contributed by atoms with Crippen molar-refractivity contribution < 1.29 is 66.8 Å². The van der Waals surface area contributed by atoms with Crippen molar-refractivity contribution in [3.05, 3.63) is 25.3 Å². The lowest BCUT2D eigenvalue weighted by Gasteiger charge is -2.08. The molecule has 0 spiro atoms. The number of hydrogen-bond acceptors (Lipinski definition) is 14. The minimum Gasteiger partial charge on any atom is -0.465 e. The van der Waals surface area contributed by atoms with Crippen LogP contribution >= 0.6 is 0 Å². The lowest BCUT2D eigenvalue weighted by atomic mass is 10.2. The minimum absolute atomic E-state index is 0.0738. The van der Waals surface area contributed by atoms with Gasteiger partial charge in [0.05, 0.1) is 19.8 Å². The first-order valence-corrected chi connectivity index (χ1v) is 16.0. The monoisotopic (exact) mass is 702 g/mol. The Morgan fingerprint density at radius 2 is 0.939 bits per heavy atom. The van der Waals surface area contributed by atoms with Crippen LogP contribution in [0.5, 0.6) is 0 Å². The maximum absolute atomic E-state index is 11.8. The van der Waals surface area contributed by atoms with Crippen molar-refractivity contribution in [3.63, 3.8) is 0 Å². The molecular weight excluding hydrogens is 648 g/mol. The first kappa shape index (κ1) is 48.8. The smallest absolute Gasteiger partial charge is 0.330 e. The van der Waals surface area contributed by atoms with E-state index >= 15 is 0 Å². The SMILES string of the molecule is C=CC(=O)OCCOC(C)=O.C=CC(=O)OCCOCCCCCCOC(=O)CC(=O)NCCNC(=O)CC(=O)OCCCCCC.C=O. The van der Waals surface area contributed by atoms with Crippen molar-refractivity contribution >= 4 is 48.4 Å². The van der Waals surface area contributed by atoms with E-state index in [2.05, 4.69) is 40.2 Å². The number of amides is 2. The zero-order valence-electron chi connectivity index (χ0n) is 28.9. The molecule has 0 saturated heterocycles. The molecule has 49 heavy (non-hydrogen) atoms. The molecule has 0 aromatic heterocycles. The Morgan fingerprint density at radius 3 is 1.37 bits per heavy atom. The molecule has 0 rings (SSSR count). The summed E-state index contributed by atoms with van der Waals surface area (Å²) in [6.45, 7) is 13.9. The van der Waals surface area contributed by atoms with E-state index in [4.69, 9.17) is 23.7 Å². The van der Waals surface area contributed by atoms with Crippen LogP contribution in [0.2, 0.25) is 0 Å². The van der Waals surface area contributed by atoms with Crippen LogP contribution in [-0.4, -0.2) is 108 Å². The van der Waals surface area contributed by atoms with Gasteiger partial charge in [-0.05, 0) is 25.7 Å². The molecular formula is C33H54N2O14. The van der Waals surface area contributed by atoms with E-state index in [1.807, 2.05) is 6.79 Å². The quantitative estimate of drug-likeness (QED) is 0.0412. The molecule has 0 radical (unpaired) electrons. The maximum atomic E-state index is 11.8. The van der Waals surface area contributed by atoms with E-state index in [0.717, 1.165) is 57.1 Å². The van der Waals surface area contributed by atoms with Gasteiger partial charge in [-0.15, -0.1) is 0 Å². The Morgan fingerprint density at radius 1 is 0.531 bits per heavy atom. The van der Waals surface area contributed by atoms with Crippen molar-refractivity contribution in [2.45, 2.75) is 78.1 Å². The lowest BCUT2D eigenvalue weighted by Crippen LogP contribution is -2.36. The summed E-state index contributed by atoms with van der Waals surface area (Å²) in [7, 11) is 0. The van der Waals surface area contributed by atoms with Crippen molar-refractivity contribution in [2.24, 2.45) is 0 Å². The van der Waals surface area contributed by atoms with Gasteiger partial charge in [-0.1, -0.05) is 45.8 Å². The van der Waals surface area contributed by atoms with E-state index in [-0.39, 0.29) is 51.9 Å². The number of rotatable bonds is 27. The summed E-state index contributed by atoms with van der Waals surface area (Å²) in [5.41, 5.74) is 0. The molecule has 0 fully saturated rings. The van der Waals surface area contributed by atoms with E-state index in [1.54, 1.807) is 0 Å². The number of nitrogens with one attached hydrogen (secondary N) is 2. The lowest BCUT2D eigenvalue weighted by molar-refractivity contribution is -0.148. The van der Waals surface area contributed by atoms with E-state index < -0.39 is 42.1 Å². The zero-order chi connectivity index (χ0) is 37.5. The summed E-state index contributed by atoms with van der Waals surface area (Å²) < 4.78 is 29.1. The fourth-order valence-electron chi connectivity index (χ4n) is 3.20. The summed E-state index contributed by atoms with van der Waals surface area (Å²) in [5.74, 6) is -3.56. The Hall–Kier alpha value is -4.60. The number of carbonyl (C=O) groups excluding carboxylic acids is 8. The molecule has 16 heteroatoms. The van der Waals surface area contributed by atoms with Crippen molar-refractivity contribution in [3.8, 4) is 0 Å². The molecule has 0 aliphatic carbocycles. The number of ether oxygens (including phenoxy) is 6. The highest BCUT2D eigenvalue weighted by Crippen LogP contribution is 2.02. The highest BCUT2D eigenvalue weighted by atomic mass is 16.6. The first-order valence-electron chi connectivity index (χ1n) is 16.0. The standard InChI is InChI=1S/C25H42N2O9.C7H10O4.CH2O/c1-3-5-6-10-15-34-24(31)19-21(28)26-12-13-27-22(29)20-25(32)35-16-11-8-7-9-14-33-17-18-36-23(30)4-2;1-3-7(9)11-5-4-10-6(2)8;1-2/h4H,2-3,5-20H2,1H3,(H,26,28)(H,27,29);3H,1,4-5H2,2H3;1H2. The average Bonchev–Trinajstić information content (AvgIpc) is 3.08. The number of esters is 5. The predicted octanol–water partition coefficient (Wildman–Crippen LogP) is 2.07. The molecule has 0 aliphatic rings. The Bertz CT molecular complexity index is 971. The molecule has 0 unspecified atom stereocenters. The van der Waals surface area contributed by atoms with Crippen molar-refractivity contribution in [2.75, 3.05) is 59.3 Å². The minimum atomic E-state index is -0.615. The van der Waals surface area contributed by atoms with Gasteiger partial charge in [-0.25, -0.2) is 9.59 Å². The van der Waals surface area contributed by atoms with E-state index in [9.17, 15) is 33.6 Å². The van der Waals surface area contributed by atoms with Crippen molar-refractivity contribution in [1.29, 1.82) is 0 Å². The van der Waals surface area contributed by atoms with Crippen LogP contribution in [0.4, 0.5) is 0 Å². The van der Waals surface area contributed by atoms with Crippen LogP contribution in [0.1, 0.15) is 78.1 Å². The van der Waals surface area contributed by atoms with E-state index in [1.165, 1.54) is 6.92 Å². The van der Waals surface area contributed by atoms with Crippen LogP contribution < -0.4 is 10.6 Å². The largest absolute Gasteiger partial charge is 0.465 e. The van der Waals surface area contributed by atoms with Crippen LogP contribution in [0.3, 0.4) is 0 Å². The fraction of sp³-hybridized carbons (Fsp3) is 0.636. The normalized spacial score (nSPS) is 9.51. The van der Waals surface area contributed by atoms with Gasteiger partial charge < -0.3 is 43.8 Å². The molecule has 280 valence electrons. The molecule has 2 amide bonds. The topological polar surface area (TPSA) is 216 Å². The Kier molecular flexibility index (Phi) is 37.7. The fourth-order valence-corrected chi connectivity index (χ4v) is 3.20. The highest BCUT2D eigenvalue weighted by Gasteiger charge is 2.12. The maximum Gasteiger partial charge on any atom is 0.330 e. The number of unbranched alkanes of at least 4 members (excludes halogenated alkanes) is 6. The molecule has 16 nitrogen and oxygen atoms in total. The molecule has 2 N–H and O–H groups in total. The molecule has 0 heterocycles. The van der Waals surface area contributed by atoms with Crippen LogP contribution in [0.15, 0.2) is 25.3 Å². The van der Waals surface area contributed by atoms with Crippen molar-refractivity contribution in [1.82, 2.24) is 10.6 Å². The molecule has 0 saturated carbocycles.